The van der Waals surface area contributed by atoms with E-state index in [0.717, 1.165) is 5.69 Å². The number of hydrogen-bond donors (Lipinski definition) is 1. The minimum absolute atomic E-state index is 0.110. The Balaban J connectivity index is 1.71. The van der Waals surface area contributed by atoms with Gasteiger partial charge >= 0.3 is 5.97 Å². The van der Waals surface area contributed by atoms with E-state index in [9.17, 15) is 9.59 Å². The van der Waals surface area contributed by atoms with Gasteiger partial charge in [-0.3, -0.25) is 9.59 Å². The molecule has 0 fully saturated rings. The van der Waals surface area contributed by atoms with Crippen LogP contribution in [-0.4, -0.2) is 118 Å². The summed E-state index contributed by atoms with van der Waals surface area (Å²) in [5, 5.41) is 2.70. The number of amides is 1. The highest BCUT2D eigenvalue weighted by molar-refractivity contribution is 5.88. The molecular formula is C27H45NO11. The summed E-state index contributed by atoms with van der Waals surface area (Å²) in [5.74, 6) is 0.352. The molecule has 1 aromatic rings. The number of benzene rings is 1. The average molecular weight is 560 g/mol. The van der Waals surface area contributed by atoms with Gasteiger partial charge in [-0.15, -0.1) is 0 Å². The average Bonchev–Trinajstić information content (AvgIpc) is 2.92. The molecular weight excluding hydrogens is 514 g/mol. The van der Waals surface area contributed by atoms with Crippen LogP contribution in [0.25, 0.3) is 0 Å². The predicted octanol–water partition coefficient (Wildman–Crippen LogP) is 2.09. The monoisotopic (exact) mass is 559 g/mol. The van der Waals surface area contributed by atoms with Crippen LogP contribution in [0.15, 0.2) is 24.3 Å². The van der Waals surface area contributed by atoms with E-state index in [2.05, 4.69) is 5.32 Å². The maximum atomic E-state index is 11.1. The van der Waals surface area contributed by atoms with Gasteiger partial charge in [0.1, 0.15) is 12.4 Å². The Hall–Kier alpha value is -2.32. The fraction of sp³-hybridized carbons (Fsp3) is 0.704. The van der Waals surface area contributed by atoms with Crippen molar-refractivity contribution in [2.75, 3.05) is 111 Å². The molecule has 0 aliphatic heterocycles. The van der Waals surface area contributed by atoms with Crippen LogP contribution >= 0.6 is 0 Å². The van der Waals surface area contributed by atoms with Crippen molar-refractivity contribution in [1.29, 1.82) is 0 Å². The largest absolute Gasteiger partial charge is 0.491 e. The van der Waals surface area contributed by atoms with Crippen molar-refractivity contribution >= 4 is 17.6 Å². The third-order valence-electron chi connectivity index (χ3n) is 4.66. The van der Waals surface area contributed by atoms with Gasteiger partial charge in [-0.25, -0.2) is 0 Å². The van der Waals surface area contributed by atoms with Gasteiger partial charge in [0.05, 0.1) is 106 Å². The van der Waals surface area contributed by atoms with E-state index >= 15 is 0 Å². The highest BCUT2D eigenvalue weighted by Crippen LogP contribution is 2.15. The third kappa shape index (κ3) is 23.3. The standard InChI is InChI=1S/C27H45NO11/c1-3-38-27(30)8-9-31-10-11-32-12-13-33-14-15-34-16-17-35-18-19-36-20-21-37-22-23-39-26-6-4-25(5-7-26)28-24(2)29/h4-7H,3,8-23H2,1-2H3,(H,28,29). The molecule has 0 saturated carbocycles. The number of rotatable bonds is 27. The summed E-state index contributed by atoms with van der Waals surface area (Å²) >= 11 is 0. The summed E-state index contributed by atoms with van der Waals surface area (Å²) in [4.78, 5) is 22.1. The van der Waals surface area contributed by atoms with Crippen LogP contribution in [0.5, 0.6) is 5.75 Å². The fourth-order valence-corrected chi connectivity index (χ4v) is 2.87. The van der Waals surface area contributed by atoms with E-state index in [1.165, 1.54) is 6.92 Å². The Bertz CT molecular complexity index is 718. The highest BCUT2D eigenvalue weighted by atomic mass is 16.6. The molecule has 0 heterocycles. The molecule has 0 radical (unpaired) electrons. The topological polar surface area (TPSA) is 129 Å². The highest BCUT2D eigenvalue weighted by Gasteiger charge is 2.01. The molecule has 1 aromatic carbocycles. The number of nitrogens with one attached hydrogen (secondary N) is 1. The summed E-state index contributed by atoms with van der Waals surface area (Å²) in [6, 6.07) is 7.16. The molecule has 1 amide bonds. The van der Waals surface area contributed by atoms with Gasteiger partial charge in [-0.2, -0.15) is 0 Å². The molecule has 0 spiro atoms. The lowest BCUT2D eigenvalue weighted by molar-refractivity contribution is -0.144. The quantitative estimate of drug-likeness (QED) is 0.126. The molecule has 1 rings (SSSR count). The summed E-state index contributed by atoms with van der Waals surface area (Å²) in [6.07, 6.45) is 0.255. The van der Waals surface area contributed by atoms with Crippen LogP contribution in [0.3, 0.4) is 0 Å². The first kappa shape index (κ1) is 34.7. The van der Waals surface area contributed by atoms with E-state index in [1.54, 1.807) is 31.2 Å². The molecule has 0 atom stereocenters. The van der Waals surface area contributed by atoms with Gasteiger partial charge in [0.25, 0.3) is 0 Å². The van der Waals surface area contributed by atoms with Gasteiger partial charge in [0, 0.05) is 12.6 Å². The van der Waals surface area contributed by atoms with Crippen molar-refractivity contribution in [3.05, 3.63) is 24.3 Å². The zero-order chi connectivity index (χ0) is 28.2. The second-order valence-electron chi connectivity index (χ2n) is 7.90. The zero-order valence-corrected chi connectivity index (χ0v) is 23.3. The molecule has 0 unspecified atom stereocenters. The number of carbonyl (C=O) groups excluding carboxylic acids is 2. The van der Waals surface area contributed by atoms with Crippen LogP contribution in [-0.2, 0) is 47.5 Å². The Morgan fingerprint density at radius 1 is 0.590 bits per heavy atom. The number of ether oxygens (including phenoxy) is 9. The lowest BCUT2D eigenvalue weighted by Crippen LogP contribution is -2.15. The SMILES string of the molecule is CCOC(=O)CCOCCOCCOCCOCCOCCOCCOCCOc1ccc(NC(C)=O)cc1. The normalized spacial score (nSPS) is 10.9. The molecule has 0 saturated heterocycles. The maximum absolute atomic E-state index is 11.1. The Morgan fingerprint density at radius 2 is 0.974 bits per heavy atom. The smallest absolute Gasteiger partial charge is 0.308 e. The van der Waals surface area contributed by atoms with Gasteiger partial charge in [0.15, 0.2) is 0 Å². The van der Waals surface area contributed by atoms with E-state index in [0.29, 0.717) is 111 Å². The van der Waals surface area contributed by atoms with Crippen molar-refractivity contribution in [3.63, 3.8) is 0 Å². The third-order valence-corrected chi connectivity index (χ3v) is 4.66. The van der Waals surface area contributed by atoms with Crippen LogP contribution in [0.4, 0.5) is 5.69 Å². The molecule has 0 bridgehead atoms. The van der Waals surface area contributed by atoms with Crippen LogP contribution in [0.1, 0.15) is 20.3 Å². The number of carbonyl (C=O) groups is 2. The van der Waals surface area contributed by atoms with E-state index in [-0.39, 0.29) is 18.3 Å². The lowest BCUT2D eigenvalue weighted by atomic mass is 10.3. The Labute approximate surface area is 231 Å². The van der Waals surface area contributed by atoms with Crippen molar-refractivity contribution in [2.45, 2.75) is 20.3 Å². The predicted molar refractivity (Wildman–Crippen MR) is 143 cm³/mol. The first-order valence-electron chi connectivity index (χ1n) is 13.3. The number of esters is 1. The summed E-state index contributed by atoms with van der Waals surface area (Å²) in [5.41, 5.74) is 0.730. The van der Waals surface area contributed by atoms with Crippen LogP contribution in [0.2, 0.25) is 0 Å². The lowest BCUT2D eigenvalue weighted by Gasteiger charge is -2.09. The number of anilines is 1. The van der Waals surface area contributed by atoms with Crippen LogP contribution < -0.4 is 10.1 Å². The maximum Gasteiger partial charge on any atom is 0.308 e. The Kier molecular flexibility index (Phi) is 23.1. The summed E-state index contributed by atoms with van der Waals surface area (Å²) in [6.45, 7) is 10.5. The van der Waals surface area contributed by atoms with Crippen molar-refractivity contribution in [2.24, 2.45) is 0 Å². The molecule has 0 aliphatic rings. The van der Waals surface area contributed by atoms with Crippen molar-refractivity contribution in [3.8, 4) is 5.75 Å². The van der Waals surface area contributed by atoms with Gasteiger partial charge in [-0.1, -0.05) is 0 Å². The Morgan fingerprint density at radius 3 is 1.36 bits per heavy atom. The summed E-state index contributed by atoms with van der Waals surface area (Å²) < 4.78 is 48.3. The van der Waals surface area contributed by atoms with E-state index < -0.39 is 0 Å². The first-order chi connectivity index (χ1) is 19.1. The second kappa shape index (κ2) is 25.9. The molecule has 1 N–H and O–H groups in total. The molecule has 12 nitrogen and oxygen atoms in total. The molecule has 12 heteroatoms. The van der Waals surface area contributed by atoms with Gasteiger partial charge < -0.3 is 47.9 Å². The van der Waals surface area contributed by atoms with E-state index in [4.69, 9.17) is 42.6 Å². The first-order valence-corrected chi connectivity index (χ1v) is 13.3. The second-order valence-corrected chi connectivity index (χ2v) is 7.90. The zero-order valence-electron chi connectivity index (χ0n) is 23.3. The van der Waals surface area contributed by atoms with E-state index in [1.807, 2.05) is 0 Å². The molecule has 39 heavy (non-hydrogen) atoms. The van der Waals surface area contributed by atoms with Gasteiger partial charge in [-0.05, 0) is 31.2 Å². The number of hydrogen-bond acceptors (Lipinski definition) is 11. The molecule has 0 aliphatic carbocycles. The van der Waals surface area contributed by atoms with Crippen molar-refractivity contribution in [1.82, 2.24) is 0 Å². The molecule has 0 aromatic heterocycles. The van der Waals surface area contributed by atoms with Crippen molar-refractivity contribution < 1.29 is 52.2 Å². The van der Waals surface area contributed by atoms with Crippen LogP contribution in [0, 0.1) is 0 Å². The van der Waals surface area contributed by atoms with Gasteiger partial charge in [0.2, 0.25) is 5.91 Å². The fourth-order valence-electron chi connectivity index (χ4n) is 2.87. The summed E-state index contributed by atoms with van der Waals surface area (Å²) in [7, 11) is 0. The minimum atomic E-state index is -0.253. The molecule has 224 valence electrons. The minimum Gasteiger partial charge on any atom is -0.491 e.